The molecular weight excluding hydrogens is 285 g/mol. The number of hydrogen-bond donors (Lipinski definition) is 1. The first kappa shape index (κ1) is 14.6. The van der Waals surface area contributed by atoms with Crippen molar-refractivity contribution in [3.63, 3.8) is 0 Å². The molecule has 1 heterocycles. The third kappa shape index (κ3) is 3.41. The lowest BCUT2D eigenvalue weighted by molar-refractivity contribution is -0.147. The second-order valence-corrected chi connectivity index (χ2v) is 5.94. The van der Waals surface area contributed by atoms with E-state index < -0.39 is 12.0 Å². The smallest absolute Gasteiger partial charge is 0.321 e. The molecule has 0 amide bonds. The molecule has 1 aromatic carbocycles. The molecule has 1 fully saturated rings. The summed E-state index contributed by atoms with van der Waals surface area (Å²) in [7, 11) is 0. The van der Waals surface area contributed by atoms with Crippen LogP contribution in [0.15, 0.2) is 18.2 Å². The lowest BCUT2D eigenvalue weighted by Crippen LogP contribution is -2.48. The van der Waals surface area contributed by atoms with E-state index in [1.807, 2.05) is 24.0 Å². The van der Waals surface area contributed by atoms with Crippen molar-refractivity contribution >= 4 is 29.2 Å². The number of benzene rings is 1. The van der Waals surface area contributed by atoms with Gasteiger partial charge >= 0.3 is 5.97 Å². The van der Waals surface area contributed by atoms with Crippen LogP contribution in [0.3, 0.4) is 0 Å². The molecule has 5 heteroatoms. The summed E-state index contributed by atoms with van der Waals surface area (Å²) in [5.74, 6) is -0.568. The number of halogens is 2. The molecule has 2 unspecified atom stereocenters. The van der Waals surface area contributed by atoms with Crippen LogP contribution < -0.4 is 0 Å². The molecule has 0 radical (unpaired) electrons. The third-order valence-electron chi connectivity index (χ3n) is 3.66. The van der Waals surface area contributed by atoms with E-state index in [4.69, 9.17) is 23.2 Å². The summed E-state index contributed by atoms with van der Waals surface area (Å²) in [6.07, 6.45) is 2.00. The summed E-state index contributed by atoms with van der Waals surface area (Å²) in [6.45, 7) is 3.40. The summed E-state index contributed by atoms with van der Waals surface area (Å²) in [6, 6.07) is 5.04. The highest BCUT2D eigenvalue weighted by molar-refractivity contribution is 6.42. The maximum absolute atomic E-state index is 11.4. The zero-order valence-corrected chi connectivity index (χ0v) is 12.3. The monoisotopic (exact) mass is 301 g/mol. The van der Waals surface area contributed by atoms with Crippen LogP contribution in [-0.2, 0) is 11.3 Å². The predicted octanol–water partition coefficient (Wildman–Crippen LogP) is 3.68. The Morgan fingerprint density at radius 2 is 2.16 bits per heavy atom. The van der Waals surface area contributed by atoms with Crippen molar-refractivity contribution in [2.75, 3.05) is 6.54 Å². The molecule has 1 aromatic rings. The molecule has 1 saturated heterocycles. The molecule has 2 rings (SSSR count). The topological polar surface area (TPSA) is 40.5 Å². The number of piperidine rings is 1. The molecule has 0 bridgehead atoms. The molecule has 1 aliphatic rings. The van der Waals surface area contributed by atoms with Crippen molar-refractivity contribution in [1.82, 2.24) is 4.90 Å². The Kier molecular flexibility index (Phi) is 4.71. The Morgan fingerprint density at radius 1 is 1.42 bits per heavy atom. The Morgan fingerprint density at radius 3 is 2.79 bits per heavy atom. The van der Waals surface area contributed by atoms with Gasteiger partial charge in [-0.25, -0.2) is 0 Å². The van der Waals surface area contributed by atoms with Gasteiger partial charge in [-0.1, -0.05) is 36.2 Å². The van der Waals surface area contributed by atoms with Crippen molar-refractivity contribution in [3.8, 4) is 0 Å². The summed E-state index contributed by atoms with van der Waals surface area (Å²) in [4.78, 5) is 13.4. The Bertz CT molecular complexity index is 479. The Labute approximate surface area is 123 Å². The maximum Gasteiger partial charge on any atom is 0.321 e. The lowest BCUT2D eigenvalue weighted by atomic mass is 9.90. The van der Waals surface area contributed by atoms with Crippen LogP contribution in [0.2, 0.25) is 10.0 Å². The van der Waals surface area contributed by atoms with Crippen LogP contribution in [-0.4, -0.2) is 28.6 Å². The van der Waals surface area contributed by atoms with E-state index in [0.29, 0.717) is 16.6 Å². The van der Waals surface area contributed by atoms with Crippen LogP contribution >= 0.6 is 23.2 Å². The standard InChI is InChI=1S/C14H17Cl2NO2/c1-9-3-2-6-17(13(9)14(18)19)8-10-4-5-11(15)12(16)7-10/h4-5,7,9,13H,2-3,6,8H2,1H3,(H,18,19). The second kappa shape index (κ2) is 6.12. The molecule has 104 valence electrons. The summed E-state index contributed by atoms with van der Waals surface area (Å²) < 4.78 is 0. The molecule has 3 nitrogen and oxygen atoms in total. The Hall–Kier alpha value is -0.770. The zero-order valence-electron chi connectivity index (χ0n) is 10.8. The fourth-order valence-electron chi connectivity index (χ4n) is 2.72. The van der Waals surface area contributed by atoms with E-state index >= 15 is 0 Å². The molecule has 0 spiro atoms. The molecular formula is C14H17Cl2NO2. The lowest BCUT2D eigenvalue weighted by Gasteiger charge is -2.37. The van der Waals surface area contributed by atoms with Gasteiger partial charge < -0.3 is 5.11 Å². The van der Waals surface area contributed by atoms with Crippen LogP contribution in [0.5, 0.6) is 0 Å². The van der Waals surface area contributed by atoms with E-state index in [2.05, 4.69) is 0 Å². The minimum atomic E-state index is -0.743. The molecule has 19 heavy (non-hydrogen) atoms. The summed E-state index contributed by atoms with van der Waals surface area (Å²) in [5.41, 5.74) is 0.995. The number of hydrogen-bond acceptors (Lipinski definition) is 2. The third-order valence-corrected chi connectivity index (χ3v) is 4.40. The van der Waals surface area contributed by atoms with Gasteiger partial charge in [0.1, 0.15) is 6.04 Å². The van der Waals surface area contributed by atoms with Crippen LogP contribution in [0.25, 0.3) is 0 Å². The first-order valence-electron chi connectivity index (χ1n) is 6.40. The minimum Gasteiger partial charge on any atom is -0.480 e. The largest absolute Gasteiger partial charge is 0.480 e. The molecule has 2 atom stereocenters. The van der Waals surface area contributed by atoms with Crippen molar-refractivity contribution in [1.29, 1.82) is 0 Å². The van der Waals surface area contributed by atoms with Crippen molar-refractivity contribution in [2.45, 2.75) is 32.4 Å². The first-order valence-corrected chi connectivity index (χ1v) is 7.15. The minimum absolute atomic E-state index is 0.175. The fourth-order valence-corrected chi connectivity index (χ4v) is 3.04. The fraction of sp³-hybridized carbons (Fsp3) is 0.500. The maximum atomic E-state index is 11.4. The average Bonchev–Trinajstić information content (AvgIpc) is 2.33. The van der Waals surface area contributed by atoms with E-state index in [-0.39, 0.29) is 5.92 Å². The molecule has 0 aromatic heterocycles. The Balaban J connectivity index is 2.15. The quantitative estimate of drug-likeness (QED) is 0.926. The number of nitrogens with zero attached hydrogens (tertiary/aromatic N) is 1. The number of rotatable bonds is 3. The van der Waals surface area contributed by atoms with Crippen molar-refractivity contribution in [3.05, 3.63) is 33.8 Å². The summed E-state index contributed by atoms with van der Waals surface area (Å²) >= 11 is 11.9. The van der Waals surface area contributed by atoms with Gasteiger partial charge in [-0.2, -0.15) is 0 Å². The molecule has 0 aliphatic carbocycles. The highest BCUT2D eigenvalue weighted by atomic mass is 35.5. The van der Waals surface area contributed by atoms with Gasteiger partial charge in [-0.3, -0.25) is 9.69 Å². The van der Waals surface area contributed by atoms with Gasteiger partial charge in [-0.15, -0.1) is 0 Å². The number of carboxylic acid groups (broad SMARTS) is 1. The van der Waals surface area contributed by atoms with Gasteiger partial charge in [0.15, 0.2) is 0 Å². The highest BCUT2D eigenvalue weighted by Crippen LogP contribution is 2.27. The van der Waals surface area contributed by atoms with E-state index in [1.54, 1.807) is 6.07 Å². The van der Waals surface area contributed by atoms with Crippen LogP contribution in [0.4, 0.5) is 0 Å². The van der Waals surface area contributed by atoms with Gasteiger partial charge in [0, 0.05) is 6.54 Å². The van der Waals surface area contributed by atoms with Gasteiger partial charge in [0.05, 0.1) is 10.0 Å². The molecule has 1 aliphatic heterocycles. The van der Waals surface area contributed by atoms with Crippen LogP contribution in [0.1, 0.15) is 25.3 Å². The van der Waals surface area contributed by atoms with E-state index in [1.165, 1.54) is 0 Å². The second-order valence-electron chi connectivity index (χ2n) is 5.12. The van der Waals surface area contributed by atoms with Gasteiger partial charge in [-0.05, 0) is 43.0 Å². The summed E-state index contributed by atoms with van der Waals surface area (Å²) in [5, 5.41) is 10.4. The molecule has 1 N–H and O–H groups in total. The zero-order chi connectivity index (χ0) is 14.0. The van der Waals surface area contributed by atoms with Gasteiger partial charge in [0.2, 0.25) is 0 Å². The predicted molar refractivity (Wildman–Crippen MR) is 76.7 cm³/mol. The van der Waals surface area contributed by atoms with E-state index in [9.17, 15) is 9.90 Å². The van der Waals surface area contributed by atoms with Crippen molar-refractivity contribution in [2.24, 2.45) is 5.92 Å². The SMILES string of the molecule is CC1CCCN(Cc2ccc(Cl)c(Cl)c2)C1C(=O)O. The first-order chi connectivity index (χ1) is 8.99. The number of aliphatic carboxylic acids is 1. The number of likely N-dealkylation sites (tertiary alicyclic amines) is 1. The van der Waals surface area contributed by atoms with Crippen molar-refractivity contribution < 1.29 is 9.90 Å². The number of carboxylic acids is 1. The van der Waals surface area contributed by atoms with Gasteiger partial charge in [0.25, 0.3) is 0 Å². The number of carbonyl (C=O) groups is 1. The highest BCUT2D eigenvalue weighted by Gasteiger charge is 2.33. The van der Waals surface area contributed by atoms with E-state index in [0.717, 1.165) is 24.9 Å². The van der Waals surface area contributed by atoms with Crippen LogP contribution in [0, 0.1) is 5.92 Å². The normalized spacial score (nSPS) is 24.4. The molecule has 0 saturated carbocycles. The average molecular weight is 302 g/mol.